The quantitative estimate of drug-likeness (QED) is 0.540. The zero-order valence-corrected chi connectivity index (χ0v) is 15.9. The Balaban J connectivity index is 1.40. The highest BCUT2D eigenvalue weighted by Crippen LogP contribution is 2.34. The third kappa shape index (κ3) is 3.40. The molecule has 2 heterocycles. The van der Waals surface area contributed by atoms with Crippen LogP contribution in [0, 0.1) is 0 Å². The lowest BCUT2D eigenvalue weighted by molar-refractivity contribution is 0.573. The van der Waals surface area contributed by atoms with Gasteiger partial charge in [0.2, 0.25) is 5.89 Å². The molecule has 0 bridgehead atoms. The molecule has 5 rings (SSSR count). The maximum atomic E-state index is 5.88. The van der Waals surface area contributed by atoms with Gasteiger partial charge in [-0.2, -0.15) is 0 Å². The van der Waals surface area contributed by atoms with Gasteiger partial charge >= 0.3 is 6.01 Å². The molecule has 2 aromatic carbocycles. The van der Waals surface area contributed by atoms with Gasteiger partial charge in [-0.3, -0.25) is 0 Å². The van der Waals surface area contributed by atoms with Crippen molar-refractivity contribution in [2.45, 2.75) is 19.4 Å². The molecule has 0 saturated carbocycles. The molecule has 0 saturated heterocycles. The second-order valence-corrected chi connectivity index (χ2v) is 6.96. The van der Waals surface area contributed by atoms with E-state index in [0.717, 1.165) is 34.5 Å². The third-order valence-electron chi connectivity index (χ3n) is 5.04. The number of hydrogen-bond acceptors (Lipinski definition) is 6. The van der Waals surface area contributed by atoms with Crippen LogP contribution in [0.4, 0.5) is 6.01 Å². The van der Waals surface area contributed by atoms with Crippen LogP contribution in [0.3, 0.4) is 0 Å². The molecule has 6 nitrogen and oxygen atoms in total. The van der Waals surface area contributed by atoms with Crippen molar-refractivity contribution in [2.75, 3.05) is 5.32 Å². The molecule has 0 aliphatic heterocycles. The normalized spacial score (nSPS) is 13.6. The Kier molecular flexibility index (Phi) is 4.37. The molecule has 0 radical (unpaired) electrons. The standard InChI is InChI=1S/C23H19N5O/c1-15(16-6-3-2-4-7-16)26-23-28-27-22(29-23)18-9-8-17-10-11-19(20(17)14-18)21-24-12-5-13-25-21/h2-9,11-15H,10H2,1H3,(H,26,28). The number of nitrogens with one attached hydrogen (secondary N) is 1. The molecule has 1 aliphatic rings. The minimum absolute atomic E-state index is 0.0642. The van der Waals surface area contributed by atoms with Crippen molar-refractivity contribution in [1.82, 2.24) is 20.2 Å². The first kappa shape index (κ1) is 17.3. The molecular formula is C23H19N5O. The van der Waals surface area contributed by atoms with Gasteiger partial charge < -0.3 is 9.73 Å². The van der Waals surface area contributed by atoms with Gasteiger partial charge in [0, 0.05) is 23.5 Å². The van der Waals surface area contributed by atoms with Crippen LogP contribution >= 0.6 is 0 Å². The number of benzene rings is 2. The summed E-state index contributed by atoms with van der Waals surface area (Å²) in [4.78, 5) is 8.77. The van der Waals surface area contributed by atoms with Gasteiger partial charge in [0.15, 0.2) is 5.82 Å². The molecule has 6 heteroatoms. The van der Waals surface area contributed by atoms with Crippen molar-refractivity contribution in [3.8, 4) is 11.5 Å². The molecule has 4 aromatic rings. The lowest BCUT2D eigenvalue weighted by Gasteiger charge is -2.11. The zero-order valence-electron chi connectivity index (χ0n) is 15.9. The second kappa shape index (κ2) is 7.31. The van der Waals surface area contributed by atoms with E-state index in [1.165, 1.54) is 5.56 Å². The first-order valence-corrected chi connectivity index (χ1v) is 9.54. The van der Waals surface area contributed by atoms with Gasteiger partial charge in [-0.1, -0.05) is 47.6 Å². The fraction of sp³-hybridized carbons (Fsp3) is 0.130. The summed E-state index contributed by atoms with van der Waals surface area (Å²) in [6.07, 6.45) is 6.55. The van der Waals surface area contributed by atoms with Gasteiger partial charge in [0.05, 0.1) is 6.04 Å². The smallest absolute Gasteiger partial charge is 0.316 e. The van der Waals surface area contributed by atoms with Crippen LogP contribution in [0.1, 0.15) is 35.5 Å². The Bertz CT molecular complexity index is 1170. The molecule has 1 aliphatic carbocycles. The van der Waals surface area contributed by atoms with Crippen LogP contribution in [-0.4, -0.2) is 20.2 Å². The highest BCUT2D eigenvalue weighted by Gasteiger charge is 2.20. The number of fused-ring (bicyclic) bond motifs is 1. The van der Waals surface area contributed by atoms with Crippen molar-refractivity contribution in [2.24, 2.45) is 0 Å². The third-order valence-corrected chi connectivity index (χ3v) is 5.04. The molecule has 29 heavy (non-hydrogen) atoms. The number of allylic oxidation sites excluding steroid dienone is 1. The Morgan fingerprint density at radius 3 is 2.62 bits per heavy atom. The van der Waals surface area contributed by atoms with Gasteiger partial charge in [0.25, 0.3) is 0 Å². The average molecular weight is 381 g/mol. The second-order valence-electron chi connectivity index (χ2n) is 6.96. The zero-order chi connectivity index (χ0) is 19.6. The van der Waals surface area contributed by atoms with Crippen LogP contribution in [0.15, 0.2) is 77.5 Å². The minimum atomic E-state index is 0.0642. The molecule has 0 spiro atoms. The van der Waals surface area contributed by atoms with Crippen LogP contribution in [0.25, 0.3) is 17.0 Å². The van der Waals surface area contributed by atoms with Crippen molar-refractivity contribution in [3.63, 3.8) is 0 Å². The maximum Gasteiger partial charge on any atom is 0.316 e. The predicted molar refractivity (Wildman–Crippen MR) is 111 cm³/mol. The highest BCUT2D eigenvalue weighted by molar-refractivity contribution is 5.83. The lowest BCUT2D eigenvalue weighted by atomic mass is 10.0. The van der Waals surface area contributed by atoms with E-state index in [2.05, 4.69) is 62.7 Å². The van der Waals surface area contributed by atoms with Gasteiger partial charge in [0.1, 0.15) is 0 Å². The van der Waals surface area contributed by atoms with Crippen molar-refractivity contribution in [3.05, 3.63) is 95.6 Å². The summed E-state index contributed by atoms with van der Waals surface area (Å²) in [5.41, 5.74) is 5.42. The van der Waals surface area contributed by atoms with Gasteiger partial charge in [-0.05, 0) is 48.2 Å². The minimum Gasteiger partial charge on any atom is -0.403 e. The summed E-state index contributed by atoms with van der Waals surface area (Å²) >= 11 is 0. The number of nitrogens with zero attached hydrogens (tertiary/aromatic N) is 4. The summed E-state index contributed by atoms with van der Waals surface area (Å²) in [6, 6.07) is 18.6. The number of anilines is 1. The summed E-state index contributed by atoms with van der Waals surface area (Å²) in [6.45, 7) is 2.06. The van der Waals surface area contributed by atoms with Crippen LogP contribution in [0.2, 0.25) is 0 Å². The molecule has 0 fully saturated rings. The van der Waals surface area contributed by atoms with Crippen LogP contribution in [-0.2, 0) is 6.42 Å². The maximum absolute atomic E-state index is 5.88. The van der Waals surface area contributed by atoms with E-state index >= 15 is 0 Å². The Morgan fingerprint density at radius 2 is 1.79 bits per heavy atom. The summed E-state index contributed by atoms with van der Waals surface area (Å²) < 4.78 is 5.88. The molecule has 0 amide bonds. The van der Waals surface area contributed by atoms with Gasteiger partial charge in [-0.15, -0.1) is 5.10 Å². The molecule has 1 unspecified atom stereocenters. The Morgan fingerprint density at radius 1 is 0.966 bits per heavy atom. The van der Waals surface area contributed by atoms with E-state index in [9.17, 15) is 0 Å². The summed E-state index contributed by atoms with van der Waals surface area (Å²) in [5, 5.41) is 11.7. The fourth-order valence-electron chi connectivity index (χ4n) is 3.52. The first-order valence-electron chi connectivity index (χ1n) is 9.54. The number of hydrogen-bond donors (Lipinski definition) is 1. The fourth-order valence-corrected chi connectivity index (χ4v) is 3.52. The summed E-state index contributed by atoms with van der Waals surface area (Å²) in [7, 11) is 0. The molecule has 142 valence electrons. The van der Waals surface area contributed by atoms with E-state index in [4.69, 9.17) is 4.42 Å². The van der Waals surface area contributed by atoms with Crippen molar-refractivity contribution >= 4 is 11.6 Å². The van der Waals surface area contributed by atoms with E-state index in [1.54, 1.807) is 12.4 Å². The SMILES string of the molecule is CC(Nc1nnc(-c2ccc3c(c2)C(c2ncccn2)=CC3)o1)c1ccccc1. The summed E-state index contributed by atoms with van der Waals surface area (Å²) in [5.74, 6) is 1.21. The molecule has 1 N–H and O–H groups in total. The largest absolute Gasteiger partial charge is 0.403 e. The van der Waals surface area contributed by atoms with Gasteiger partial charge in [-0.25, -0.2) is 9.97 Å². The Labute approximate surface area is 168 Å². The topological polar surface area (TPSA) is 76.7 Å². The highest BCUT2D eigenvalue weighted by atomic mass is 16.4. The Hall–Kier alpha value is -3.80. The number of aromatic nitrogens is 4. The van der Waals surface area contributed by atoms with Crippen molar-refractivity contribution in [1.29, 1.82) is 0 Å². The van der Waals surface area contributed by atoms with Crippen LogP contribution < -0.4 is 5.32 Å². The first-order chi connectivity index (χ1) is 14.3. The monoisotopic (exact) mass is 381 g/mol. The molecule has 2 aromatic heterocycles. The molecular weight excluding hydrogens is 362 g/mol. The van der Waals surface area contributed by atoms with E-state index in [0.29, 0.717) is 11.9 Å². The van der Waals surface area contributed by atoms with E-state index in [-0.39, 0.29) is 6.04 Å². The van der Waals surface area contributed by atoms with Crippen LogP contribution in [0.5, 0.6) is 0 Å². The molecule has 1 atom stereocenters. The van der Waals surface area contributed by atoms with E-state index in [1.807, 2.05) is 30.3 Å². The van der Waals surface area contributed by atoms with Crippen molar-refractivity contribution < 1.29 is 4.42 Å². The number of rotatable bonds is 5. The lowest BCUT2D eigenvalue weighted by Crippen LogP contribution is -2.06. The predicted octanol–water partition coefficient (Wildman–Crippen LogP) is 4.69. The average Bonchev–Trinajstić information content (AvgIpc) is 3.41. The van der Waals surface area contributed by atoms with E-state index < -0.39 is 0 Å².